The zero-order chi connectivity index (χ0) is 30.9. The second-order valence-electron chi connectivity index (χ2n) is 12.0. The van der Waals surface area contributed by atoms with Crippen LogP contribution in [-0.2, 0) is 0 Å². The quantitative estimate of drug-likeness (QED) is 0.201. The van der Waals surface area contributed by atoms with Gasteiger partial charge in [0.05, 0.1) is 22.1 Å². The van der Waals surface area contributed by atoms with Crippen molar-refractivity contribution in [3.63, 3.8) is 0 Å². The highest BCUT2D eigenvalue weighted by atomic mass is 16.3. The molecule has 0 aliphatic rings. The Morgan fingerprint density at radius 1 is 0.404 bits per heavy atom. The van der Waals surface area contributed by atoms with Crippen LogP contribution in [0.15, 0.2) is 168 Å². The molecule has 10 aromatic rings. The van der Waals surface area contributed by atoms with Gasteiger partial charge in [-0.1, -0.05) is 91.0 Å². The van der Waals surface area contributed by atoms with Gasteiger partial charge in [-0.2, -0.15) is 0 Å². The topological polar surface area (TPSA) is 35.9 Å². The minimum atomic E-state index is 0.618. The molecule has 0 saturated carbocycles. The van der Waals surface area contributed by atoms with Gasteiger partial charge in [0, 0.05) is 44.0 Å². The first-order valence-corrected chi connectivity index (χ1v) is 15.9. The van der Waals surface area contributed by atoms with E-state index in [4.69, 9.17) is 9.40 Å². The average Bonchev–Trinajstić information content (AvgIpc) is 3.82. The van der Waals surface area contributed by atoms with E-state index < -0.39 is 0 Å². The Morgan fingerprint density at radius 2 is 0.915 bits per heavy atom. The van der Waals surface area contributed by atoms with Gasteiger partial charge >= 0.3 is 0 Å². The van der Waals surface area contributed by atoms with Gasteiger partial charge in [-0.05, 0) is 78.4 Å². The van der Waals surface area contributed by atoms with Crippen LogP contribution in [0, 0.1) is 0 Å². The normalized spacial score (nSPS) is 11.8. The highest BCUT2D eigenvalue weighted by molar-refractivity contribution is 6.12. The van der Waals surface area contributed by atoms with E-state index in [-0.39, 0.29) is 0 Å². The third-order valence-electron chi connectivity index (χ3n) is 9.35. The average molecular weight is 602 g/mol. The first-order chi connectivity index (χ1) is 23.3. The number of benzene rings is 7. The molecule has 220 valence electrons. The van der Waals surface area contributed by atoms with Gasteiger partial charge in [0.25, 0.3) is 0 Å². The number of nitrogens with zero attached hydrogens (tertiary/aromatic N) is 3. The minimum absolute atomic E-state index is 0.618. The van der Waals surface area contributed by atoms with Crippen molar-refractivity contribution in [2.24, 2.45) is 0 Å². The van der Waals surface area contributed by atoms with E-state index in [9.17, 15) is 0 Å². The molecule has 3 aromatic heterocycles. The molecule has 10 rings (SSSR count). The Hall–Kier alpha value is -6.39. The zero-order valence-corrected chi connectivity index (χ0v) is 25.3. The highest BCUT2D eigenvalue weighted by Crippen LogP contribution is 2.39. The second kappa shape index (κ2) is 10.1. The first kappa shape index (κ1) is 25.9. The summed E-state index contributed by atoms with van der Waals surface area (Å²) < 4.78 is 11.1. The molecule has 7 aromatic carbocycles. The number of para-hydroxylation sites is 5. The summed E-state index contributed by atoms with van der Waals surface area (Å²) in [7, 11) is 0. The Morgan fingerprint density at radius 3 is 1.53 bits per heavy atom. The predicted octanol–water partition coefficient (Wildman–Crippen LogP) is 11.4. The van der Waals surface area contributed by atoms with Crippen LogP contribution in [0.5, 0.6) is 0 Å². The second-order valence-corrected chi connectivity index (χ2v) is 12.0. The molecule has 0 amide bonds. The van der Waals surface area contributed by atoms with Crippen molar-refractivity contribution in [2.45, 2.75) is 0 Å². The lowest BCUT2D eigenvalue weighted by Gasteiger charge is -2.08. The van der Waals surface area contributed by atoms with Crippen molar-refractivity contribution in [3.05, 3.63) is 164 Å². The third kappa shape index (κ3) is 3.92. The van der Waals surface area contributed by atoms with Crippen molar-refractivity contribution in [1.82, 2.24) is 14.1 Å². The summed E-state index contributed by atoms with van der Waals surface area (Å²) in [5.41, 5.74) is 11.7. The maximum absolute atomic E-state index is 6.47. The van der Waals surface area contributed by atoms with Crippen molar-refractivity contribution in [2.75, 3.05) is 0 Å². The lowest BCUT2D eigenvalue weighted by atomic mass is 10.0. The molecule has 4 heteroatoms. The fourth-order valence-electron chi connectivity index (χ4n) is 7.26. The fraction of sp³-hybridized carbons (Fsp3) is 0. The van der Waals surface area contributed by atoms with Gasteiger partial charge < -0.3 is 13.6 Å². The van der Waals surface area contributed by atoms with Crippen LogP contribution in [-0.4, -0.2) is 14.1 Å². The Labute approximate surface area is 270 Å². The molecule has 0 aliphatic carbocycles. The molecule has 0 bridgehead atoms. The lowest BCUT2D eigenvalue weighted by Crippen LogP contribution is -1.92. The van der Waals surface area contributed by atoms with E-state index >= 15 is 0 Å². The van der Waals surface area contributed by atoms with Crippen molar-refractivity contribution < 1.29 is 4.42 Å². The highest BCUT2D eigenvalue weighted by Gasteiger charge is 2.18. The summed E-state index contributed by atoms with van der Waals surface area (Å²) in [6.07, 6.45) is 0. The molecule has 0 spiro atoms. The van der Waals surface area contributed by atoms with E-state index in [0.29, 0.717) is 5.89 Å². The Balaban J connectivity index is 1.13. The van der Waals surface area contributed by atoms with Crippen LogP contribution in [0.3, 0.4) is 0 Å². The van der Waals surface area contributed by atoms with Crippen molar-refractivity contribution in [1.29, 1.82) is 0 Å². The molecule has 0 unspecified atom stereocenters. The summed E-state index contributed by atoms with van der Waals surface area (Å²) in [5.74, 6) is 0.618. The molecular formula is C43H27N3O. The SMILES string of the molecule is c1ccc(-n2c3ccccc3c3cc(-c4nc5c(-c6ccc7c(c6)c6ccccc6n7-c6ccccc6)cccc5o4)ccc32)cc1. The number of hydrogen-bond donors (Lipinski definition) is 0. The molecule has 0 N–H and O–H groups in total. The molecule has 0 saturated heterocycles. The van der Waals surface area contributed by atoms with Crippen LogP contribution in [0.1, 0.15) is 0 Å². The summed E-state index contributed by atoms with van der Waals surface area (Å²) in [6.45, 7) is 0. The van der Waals surface area contributed by atoms with Gasteiger partial charge in [-0.25, -0.2) is 4.98 Å². The number of rotatable bonds is 4. The lowest BCUT2D eigenvalue weighted by molar-refractivity contribution is 0.620. The van der Waals surface area contributed by atoms with Gasteiger partial charge in [0.15, 0.2) is 5.58 Å². The summed E-state index contributed by atoms with van der Waals surface area (Å²) in [5, 5.41) is 4.81. The van der Waals surface area contributed by atoms with Crippen LogP contribution in [0.4, 0.5) is 0 Å². The molecular weight excluding hydrogens is 574 g/mol. The van der Waals surface area contributed by atoms with E-state index in [1.54, 1.807) is 0 Å². The van der Waals surface area contributed by atoms with E-state index in [1.807, 2.05) is 6.07 Å². The minimum Gasteiger partial charge on any atom is -0.436 e. The van der Waals surface area contributed by atoms with Crippen LogP contribution in [0.2, 0.25) is 0 Å². The molecule has 0 radical (unpaired) electrons. The van der Waals surface area contributed by atoms with Crippen LogP contribution < -0.4 is 0 Å². The monoisotopic (exact) mass is 601 g/mol. The first-order valence-electron chi connectivity index (χ1n) is 15.9. The fourth-order valence-corrected chi connectivity index (χ4v) is 7.26. The van der Waals surface area contributed by atoms with E-state index in [1.165, 1.54) is 38.1 Å². The molecule has 0 atom stereocenters. The van der Waals surface area contributed by atoms with Crippen molar-refractivity contribution >= 4 is 54.7 Å². The number of hydrogen-bond acceptors (Lipinski definition) is 2. The summed E-state index contributed by atoms with van der Waals surface area (Å²) in [4.78, 5) is 5.13. The third-order valence-corrected chi connectivity index (χ3v) is 9.35. The summed E-state index contributed by atoms with van der Waals surface area (Å²) in [6, 6.07) is 57.7. The molecule has 3 heterocycles. The van der Waals surface area contributed by atoms with Gasteiger partial charge in [0.1, 0.15) is 5.52 Å². The van der Waals surface area contributed by atoms with E-state index in [2.05, 4.69) is 167 Å². The maximum atomic E-state index is 6.47. The van der Waals surface area contributed by atoms with Gasteiger partial charge in [-0.3, -0.25) is 0 Å². The molecule has 0 fully saturated rings. The smallest absolute Gasteiger partial charge is 0.227 e. The number of aromatic nitrogens is 3. The van der Waals surface area contributed by atoms with E-state index in [0.717, 1.165) is 44.7 Å². The largest absolute Gasteiger partial charge is 0.436 e. The standard InChI is InChI=1S/C43H27N3O/c1-3-12-30(13-4-1)45-37-19-9-7-16-33(37)35-26-28(22-24-39(35)45)32-18-11-21-41-42(32)44-43(47-41)29-23-25-40-36(27-29)34-17-8-10-20-38(34)46(40)31-14-5-2-6-15-31/h1-27H. The number of fused-ring (bicyclic) bond motifs is 7. The molecule has 47 heavy (non-hydrogen) atoms. The Kier molecular flexibility index (Phi) is 5.54. The number of oxazole rings is 1. The van der Waals surface area contributed by atoms with Gasteiger partial charge in [-0.15, -0.1) is 0 Å². The predicted molar refractivity (Wildman–Crippen MR) is 194 cm³/mol. The van der Waals surface area contributed by atoms with Crippen molar-refractivity contribution in [3.8, 4) is 34.0 Å². The molecule has 4 nitrogen and oxygen atoms in total. The van der Waals surface area contributed by atoms with Crippen LogP contribution >= 0.6 is 0 Å². The maximum Gasteiger partial charge on any atom is 0.227 e. The Bertz CT molecular complexity index is 2780. The molecule has 0 aliphatic heterocycles. The zero-order valence-electron chi connectivity index (χ0n) is 25.3. The van der Waals surface area contributed by atoms with Crippen LogP contribution in [0.25, 0.3) is 88.7 Å². The van der Waals surface area contributed by atoms with Gasteiger partial charge in [0.2, 0.25) is 5.89 Å². The summed E-state index contributed by atoms with van der Waals surface area (Å²) >= 11 is 0.